The lowest BCUT2D eigenvalue weighted by Crippen LogP contribution is -2.28. The zero-order valence-electron chi connectivity index (χ0n) is 20.9. The van der Waals surface area contributed by atoms with Crippen LogP contribution in [0.1, 0.15) is 42.9 Å². The van der Waals surface area contributed by atoms with Crippen molar-refractivity contribution in [3.8, 4) is 5.88 Å². The number of likely N-dealkylation sites (tertiary alicyclic amines) is 1. The quantitative estimate of drug-likeness (QED) is 0.258. The number of sulfonamides is 1. The number of rotatable bonds is 8. The molecule has 5 rings (SSSR count). The fraction of sp³-hybridized carbons (Fsp3) is 0.276. The predicted molar refractivity (Wildman–Crippen MR) is 150 cm³/mol. The standard InChI is InChI=1S/C29H32N4O3S/c1-2-37(35,36)32-24-15-16-26-25(19-24)27(29(34)31-26)28(22-9-5-3-6-10-22)30-23-13-11-21(12-14-23)20-33-17-7-4-8-18-33/h3,5-6,9-16,19,31-32,34H,2,4,7-8,17-18,20H2,1H3. The second kappa shape index (κ2) is 10.8. The molecule has 4 aromatic rings. The lowest BCUT2D eigenvalue weighted by atomic mass is 10.0. The van der Waals surface area contributed by atoms with Gasteiger partial charge in [-0.25, -0.2) is 13.4 Å². The minimum absolute atomic E-state index is 0.0187. The molecule has 3 aromatic carbocycles. The second-order valence-corrected chi connectivity index (χ2v) is 11.5. The van der Waals surface area contributed by atoms with E-state index < -0.39 is 10.0 Å². The van der Waals surface area contributed by atoms with Crippen LogP contribution in [0.2, 0.25) is 0 Å². The zero-order valence-corrected chi connectivity index (χ0v) is 21.8. The van der Waals surface area contributed by atoms with Crippen LogP contribution in [0.5, 0.6) is 5.88 Å². The van der Waals surface area contributed by atoms with Gasteiger partial charge in [-0.1, -0.05) is 48.9 Å². The molecule has 1 fully saturated rings. The highest BCUT2D eigenvalue weighted by atomic mass is 32.2. The smallest absolute Gasteiger partial charge is 0.232 e. The van der Waals surface area contributed by atoms with Crippen LogP contribution < -0.4 is 4.72 Å². The number of aliphatic imine (C=N–C) groups is 1. The highest BCUT2D eigenvalue weighted by molar-refractivity contribution is 7.92. The molecule has 1 saturated heterocycles. The van der Waals surface area contributed by atoms with Crippen molar-refractivity contribution in [2.75, 3.05) is 23.6 Å². The van der Waals surface area contributed by atoms with E-state index >= 15 is 0 Å². The predicted octanol–water partition coefficient (Wildman–Crippen LogP) is 5.79. The normalized spacial score (nSPS) is 15.2. The molecule has 0 saturated carbocycles. The molecule has 0 bridgehead atoms. The van der Waals surface area contributed by atoms with Gasteiger partial charge in [-0.3, -0.25) is 9.62 Å². The number of aromatic nitrogens is 1. The molecule has 0 aliphatic carbocycles. The molecule has 37 heavy (non-hydrogen) atoms. The third-order valence-electron chi connectivity index (χ3n) is 6.75. The molecule has 7 nitrogen and oxygen atoms in total. The molecular weight excluding hydrogens is 484 g/mol. The van der Waals surface area contributed by atoms with Crippen molar-refractivity contribution in [2.45, 2.75) is 32.7 Å². The van der Waals surface area contributed by atoms with E-state index in [-0.39, 0.29) is 11.6 Å². The lowest BCUT2D eigenvalue weighted by Gasteiger charge is -2.26. The van der Waals surface area contributed by atoms with Crippen LogP contribution >= 0.6 is 0 Å². The Bertz CT molecular complexity index is 1500. The van der Waals surface area contributed by atoms with Crippen LogP contribution in [-0.4, -0.2) is 48.0 Å². The third kappa shape index (κ3) is 5.87. The Labute approximate surface area is 217 Å². The number of hydrogen-bond acceptors (Lipinski definition) is 5. The first kappa shape index (κ1) is 25.0. The summed E-state index contributed by atoms with van der Waals surface area (Å²) in [5, 5.41) is 11.6. The van der Waals surface area contributed by atoms with Crippen molar-refractivity contribution in [1.29, 1.82) is 0 Å². The molecule has 0 radical (unpaired) electrons. The van der Waals surface area contributed by atoms with Gasteiger partial charge in [0.15, 0.2) is 5.88 Å². The molecular formula is C29H32N4O3S. The molecule has 0 unspecified atom stereocenters. The summed E-state index contributed by atoms with van der Waals surface area (Å²) in [5.74, 6) is -0.0457. The van der Waals surface area contributed by atoms with Crippen molar-refractivity contribution in [3.05, 3.63) is 89.5 Å². The van der Waals surface area contributed by atoms with Gasteiger partial charge in [-0.05, 0) is 68.8 Å². The van der Waals surface area contributed by atoms with Crippen LogP contribution in [0.4, 0.5) is 11.4 Å². The zero-order chi connectivity index (χ0) is 25.8. The van der Waals surface area contributed by atoms with Crippen LogP contribution in [0.25, 0.3) is 10.9 Å². The summed E-state index contributed by atoms with van der Waals surface area (Å²) in [6.07, 6.45) is 3.84. The first-order valence-corrected chi connectivity index (χ1v) is 14.4. The van der Waals surface area contributed by atoms with E-state index in [4.69, 9.17) is 4.99 Å². The lowest BCUT2D eigenvalue weighted by molar-refractivity contribution is 0.221. The van der Waals surface area contributed by atoms with Gasteiger partial charge in [-0.15, -0.1) is 0 Å². The maximum Gasteiger partial charge on any atom is 0.232 e. The summed E-state index contributed by atoms with van der Waals surface area (Å²) in [5.41, 5.74) is 5.12. The minimum atomic E-state index is -3.44. The third-order valence-corrected chi connectivity index (χ3v) is 8.06. The number of aromatic hydroxyl groups is 1. The van der Waals surface area contributed by atoms with Gasteiger partial charge in [0, 0.05) is 28.7 Å². The maximum absolute atomic E-state index is 12.1. The van der Waals surface area contributed by atoms with Crippen LogP contribution in [-0.2, 0) is 16.6 Å². The van der Waals surface area contributed by atoms with E-state index in [1.54, 1.807) is 25.1 Å². The average Bonchev–Trinajstić information content (AvgIpc) is 3.24. The molecule has 8 heteroatoms. The van der Waals surface area contributed by atoms with E-state index in [2.05, 4.69) is 26.7 Å². The summed E-state index contributed by atoms with van der Waals surface area (Å²) in [6, 6.07) is 23.1. The van der Waals surface area contributed by atoms with Gasteiger partial charge in [0.25, 0.3) is 0 Å². The largest absolute Gasteiger partial charge is 0.494 e. The van der Waals surface area contributed by atoms with Gasteiger partial charge >= 0.3 is 0 Å². The molecule has 0 spiro atoms. The number of H-pyrrole nitrogens is 1. The molecule has 2 heterocycles. The Morgan fingerprint density at radius 3 is 2.43 bits per heavy atom. The van der Waals surface area contributed by atoms with Gasteiger partial charge in [0.2, 0.25) is 10.0 Å². The summed E-state index contributed by atoms with van der Waals surface area (Å²) >= 11 is 0. The van der Waals surface area contributed by atoms with Gasteiger partial charge in [0.05, 0.1) is 22.7 Å². The maximum atomic E-state index is 12.1. The first-order valence-electron chi connectivity index (χ1n) is 12.7. The first-order chi connectivity index (χ1) is 17.9. The molecule has 0 atom stereocenters. The number of piperidine rings is 1. The van der Waals surface area contributed by atoms with Gasteiger partial charge in [0.1, 0.15) is 0 Å². The Morgan fingerprint density at radius 2 is 1.73 bits per heavy atom. The fourth-order valence-corrected chi connectivity index (χ4v) is 5.40. The Balaban J connectivity index is 1.55. The van der Waals surface area contributed by atoms with Crippen LogP contribution in [0.15, 0.2) is 77.8 Å². The summed E-state index contributed by atoms with van der Waals surface area (Å²) in [6.45, 7) is 4.82. The van der Waals surface area contributed by atoms with E-state index in [9.17, 15) is 13.5 Å². The molecule has 0 amide bonds. The summed E-state index contributed by atoms with van der Waals surface area (Å²) < 4.78 is 26.9. The Morgan fingerprint density at radius 1 is 1.00 bits per heavy atom. The van der Waals surface area contributed by atoms with Crippen molar-refractivity contribution in [1.82, 2.24) is 9.88 Å². The monoisotopic (exact) mass is 516 g/mol. The number of aromatic amines is 1. The van der Waals surface area contributed by atoms with Crippen LogP contribution in [0.3, 0.4) is 0 Å². The second-order valence-electron chi connectivity index (χ2n) is 9.44. The van der Waals surface area contributed by atoms with E-state index in [1.807, 2.05) is 42.5 Å². The van der Waals surface area contributed by atoms with Gasteiger partial charge < -0.3 is 10.1 Å². The number of benzene rings is 3. The van der Waals surface area contributed by atoms with E-state index in [0.29, 0.717) is 27.9 Å². The highest BCUT2D eigenvalue weighted by Crippen LogP contribution is 2.33. The van der Waals surface area contributed by atoms with E-state index in [1.165, 1.54) is 24.8 Å². The minimum Gasteiger partial charge on any atom is -0.494 e. The molecule has 1 aromatic heterocycles. The number of nitrogens with zero attached hydrogens (tertiary/aromatic N) is 2. The number of hydrogen-bond donors (Lipinski definition) is 3. The number of anilines is 1. The fourth-order valence-electron chi connectivity index (χ4n) is 4.77. The van der Waals surface area contributed by atoms with Crippen molar-refractivity contribution < 1.29 is 13.5 Å². The van der Waals surface area contributed by atoms with Crippen molar-refractivity contribution in [3.63, 3.8) is 0 Å². The number of nitrogens with one attached hydrogen (secondary N) is 2. The van der Waals surface area contributed by atoms with Crippen LogP contribution in [0, 0.1) is 0 Å². The highest BCUT2D eigenvalue weighted by Gasteiger charge is 2.20. The van der Waals surface area contributed by atoms with E-state index in [0.717, 1.165) is 30.9 Å². The van der Waals surface area contributed by atoms with Gasteiger partial charge in [-0.2, -0.15) is 0 Å². The average molecular weight is 517 g/mol. The van der Waals surface area contributed by atoms with Crippen molar-refractivity contribution in [2.24, 2.45) is 4.99 Å². The Kier molecular flexibility index (Phi) is 7.30. The summed E-state index contributed by atoms with van der Waals surface area (Å²) in [7, 11) is -3.44. The number of fused-ring (bicyclic) bond motifs is 1. The SMILES string of the molecule is CCS(=O)(=O)Nc1ccc2[nH]c(O)c(C(=Nc3ccc(CN4CCCCC4)cc3)c3ccccc3)c2c1. The molecule has 3 N–H and O–H groups in total. The van der Waals surface area contributed by atoms with Crippen molar-refractivity contribution >= 4 is 38.0 Å². The summed E-state index contributed by atoms with van der Waals surface area (Å²) in [4.78, 5) is 10.5. The topological polar surface area (TPSA) is 97.8 Å². The molecule has 1 aliphatic rings. The molecule has 1 aliphatic heterocycles. The Hall–Kier alpha value is -3.62. The molecule has 192 valence electrons.